The third-order valence-corrected chi connectivity index (χ3v) is 6.61. The Labute approximate surface area is 146 Å². The fourth-order valence-corrected chi connectivity index (χ4v) is 4.87. The predicted molar refractivity (Wildman–Crippen MR) is 89.4 cm³/mol. The number of halogens is 2. The Morgan fingerprint density at radius 3 is 2.44 bits per heavy atom. The molecule has 0 spiro atoms. The molecule has 0 atom stereocenters. The Morgan fingerprint density at radius 1 is 1.20 bits per heavy atom. The van der Waals surface area contributed by atoms with Crippen molar-refractivity contribution in [2.45, 2.75) is 37.6 Å². The summed E-state index contributed by atoms with van der Waals surface area (Å²) in [6.45, 7) is 3.34. The SMILES string of the molecule is CCc1nccn1CC1CCN(S(=O)(=O)c2c(F)cccc2F)CC1. The molecular weight excluding hydrogens is 348 g/mol. The first-order valence-corrected chi connectivity index (χ1v) is 9.81. The highest BCUT2D eigenvalue weighted by molar-refractivity contribution is 7.89. The lowest BCUT2D eigenvalue weighted by atomic mass is 9.98. The van der Waals surface area contributed by atoms with Crippen LogP contribution in [0.3, 0.4) is 0 Å². The molecule has 2 heterocycles. The number of nitrogens with zero attached hydrogens (tertiary/aromatic N) is 3. The van der Waals surface area contributed by atoms with Crippen molar-refractivity contribution < 1.29 is 17.2 Å². The lowest BCUT2D eigenvalue weighted by Gasteiger charge is -2.31. The monoisotopic (exact) mass is 369 g/mol. The van der Waals surface area contributed by atoms with Gasteiger partial charge in [0.2, 0.25) is 10.0 Å². The van der Waals surface area contributed by atoms with Gasteiger partial charge in [-0.25, -0.2) is 22.2 Å². The summed E-state index contributed by atoms with van der Waals surface area (Å²) in [4.78, 5) is 3.44. The van der Waals surface area contributed by atoms with Crippen LogP contribution < -0.4 is 0 Å². The van der Waals surface area contributed by atoms with Crippen LogP contribution in [0.25, 0.3) is 0 Å². The van der Waals surface area contributed by atoms with Gasteiger partial charge in [-0.1, -0.05) is 13.0 Å². The summed E-state index contributed by atoms with van der Waals surface area (Å²) in [5.74, 6) is -0.777. The van der Waals surface area contributed by atoms with Crippen LogP contribution >= 0.6 is 0 Å². The number of rotatable bonds is 5. The number of imidazole rings is 1. The van der Waals surface area contributed by atoms with Crippen LogP contribution in [-0.2, 0) is 23.0 Å². The molecule has 8 heteroatoms. The molecule has 5 nitrogen and oxygen atoms in total. The minimum Gasteiger partial charge on any atom is -0.335 e. The molecule has 3 rings (SSSR count). The number of sulfonamides is 1. The summed E-state index contributed by atoms with van der Waals surface area (Å²) in [6.07, 6.45) is 5.83. The number of benzene rings is 1. The van der Waals surface area contributed by atoms with Crippen molar-refractivity contribution in [3.8, 4) is 0 Å². The first-order chi connectivity index (χ1) is 11.9. The van der Waals surface area contributed by atoms with E-state index >= 15 is 0 Å². The van der Waals surface area contributed by atoms with Gasteiger partial charge in [-0.15, -0.1) is 0 Å². The fourth-order valence-electron chi connectivity index (χ4n) is 3.29. The summed E-state index contributed by atoms with van der Waals surface area (Å²) in [5, 5.41) is 0. The smallest absolute Gasteiger partial charge is 0.248 e. The van der Waals surface area contributed by atoms with Crippen LogP contribution in [0, 0.1) is 17.6 Å². The first-order valence-electron chi connectivity index (χ1n) is 8.37. The molecule has 25 heavy (non-hydrogen) atoms. The van der Waals surface area contributed by atoms with E-state index < -0.39 is 26.6 Å². The zero-order valence-corrected chi connectivity index (χ0v) is 14.8. The number of aromatic nitrogens is 2. The van der Waals surface area contributed by atoms with Gasteiger partial charge in [0.15, 0.2) is 4.90 Å². The van der Waals surface area contributed by atoms with E-state index in [-0.39, 0.29) is 13.1 Å². The third-order valence-electron chi connectivity index (χ3n) is 4.66. The Morgan fingerprint density at radius 2 is 1.84 bits per heavy atom. The van der Waals surface area contributed by atoms with Crippen LogP contribution in [0.4, 0.5) is 8.78 Å². The highest BCUT2D eigenvalue weighted by Gasteiger charge is 2.33. The van der Waals surface area contributed by atoms with E-state index in [2.05, 4.69) is 9.55 Å². The normalized spacial score (nSPS) is 17.1. The van der Waals surface area contributed by atoms with Crippen LogP contribution in [0.1, 0.15) is 25.6 Å². The maximum Gasteiger partial charge on any atom is 0.248 e. The van der Waals surface area contributed by atoms with Gasteiger partial charge < -0.3 is 4.57 Å². The second-order valence-electron chi connectivity index (χ2n) is 6.25. The lowest BCUT2D eigenvalue weighted by Crippen LogP contribution is -2.40. The van der Waals surface area contributed by atoms with Crippen molar-refractivity contribution in [2.24, 2.45) is 5.92 Å². The molecule has 0 aliphatic carbocycles. The van der Waals surface area contributed by atoms with Crippen LogP contribution in [-0.4, -0.2) is 35.4 Å². The van der Waals surface area contributed by atoms with Gasteiger partial charge in [-0.2, -0.15) is 4.31 Å². The molecule has 0 bridgehead atoms. The molecule has 1 aliphatic rings. The van der Waals surface area contributed by atoms with Gasteiger partial charge in [0.1, 0.15) is 17.5 Å². The van der Waals surface area contributed by atoms with Gasteiger partial charge in [0, 0.05) is 38.4 Å². The van der Waals surface area contributed by atoms with E-state index in [1.807, 2.05) is 13.1 Å². The molecule has 0 unspecified atom stereocenters. The first kappa shape index (κ1) is 18.0. The molecule has 0 radical (unpaired) electrons. The van der Waals surface area contributed by atoms with E-state index in [1.165, 1.54) is 4.31 Å². The standard InChI is InChI=1S/C17H21F2N3O2S/c1-2-16-20-8-11-21(16)12-13-6-9-22(10-7-13)25(23,24)17-14(18)4-3-5-15(17)19/h3-5,8,11,13H,2,6-7,9-10,12H2,1H3. The molecule has 1 aromatic carbocycles. The fraction of sp³-hybridized carbons (Fsp3) is 0.471. The van der Waals surface area contributed by atoms with Gasteiger partial charge >= 0.3 is 0 Å². The molecule has 0 amide bonds. The number of piperidine rings is 1. The summed E-state index contributed by atoms with van der Waals surface area (Å²) in [6, 6.07) is 3.09. The van der Waals surface area contributed by atoms with Crippen LogP contribution in [0.5, 0.6) is 0 Å². The average molecular weight is 369 g/mol. The summed E-state index contributed by atoms with van der Waals surface area (Å²) < 4.78 is 56.2. The molecule has 136 valence electrons. The lowest BCUT2D eigenvalue weighted by molar-refractivity contribution is 0.250. The number of hydrogen-bond acceptors (Lipinski definition) is 3. The second-order valence-corrected chi connectivity index (χ2v) is 8.12. The molecule has 1 aromatic heterocycles. The summed E-state index contributed by atoms with van der Waals surface area (Å²) >= 11 is 0. The average Bonchev–Trinajstić information content (AvgIpc) is 3.02. The Bertz CT molecular complexity index is 823. The van der Waals surface area contributed by atoms with Crippen LogP contribution in [0.2, 0.25) is 0 Å². The molecule has 1 saturated heterocycles. The minimum absolute atomic E-state index is 0.261. The van der Waals surface area contributed by atoms with E-state index in [4.69, 9.17) is 0 Å². The minimum atomic E-state index is -4.16. The molecule has 1 fully saturated rings. The van der Waals surface area contributed by atoms with Gasteiger partial charge in [-0.3, -0.25) is 0 Å². The Hall–Kier alpha value is -1.80. The van der Waals surface area contributed by atoms with Gasteiger partial charge in [0.05, 0.1) is 0 Å². The molecule has 0 N–H and O–H groups in total. The summed E-state index contributed by atoms with van der Waals surface area (Å²) in [7, 11) is -4.16. The number of aryl methyl sites for hydroxylation is 1. The molecule has 0 saturated carbocycles. The van der Waals surface area contributed by atoms with E-state index in [0.717, 1.165) is 37.0 Å². The van der Waals surface area contributed by atoms with Gasteiger partial charge in [-0.05, 0) is 30.9 Å². The quantitative estimate of drug-likeness (QED) is 0.814. The second kappa shape index (κ2) is 7.21. The van der Waals surface area contributed by atoms with Crippen molar-refractivity contribution >= 4 is 10.0 Å². The highest BCUT2D eigenvalue weighted by Crippen LogP contribution is 2.27. The van der Waals surface area contributed by atoms with E-state index in [9.17, 15) is 17.2 Å². The van der Waals surface area contributed by atoms with Crippen molar-refractivity contribution in [3.05, 3.63) is 48.1 Å². The molecular formula is C17H21F2N3O2S. The van der Waals surface area contributed by atoms with Crippen LogP contribution in [0.15, 0.2) is 35.5 Å². The molecule has 2 aromatic rings. The highest BCUT2D eigenvalue weighted by atomic mass is 32.2. The van der Waals surface area contributed by atoms with Gasteiger partial charge in [0.25, 0.3) is 0 Å². The summed E-state index contributed by atoms with van der Waals surface area (Å²) in [5.41, 5.74) is 0. The van der Waals surface area contributed by atoms with E-state index in [1.54, 1.807) is 6.20 Å². The Kier molecular flexibility index (Phi) is 5.19. The Balaban J connectivity index is 1.69. The molecule has 1 aliphatic heterocycles. The van der Waals surface area contributed by atoms with Crippen molar-refractivity contribution in [3.63, 3.8) is 0 Å². The predicted octanol–water partition coefficient (Wildman–Crippen LogP) is 2.82. The maximum absolute atomic E-state index is 13.9. The topological polar surface area (TPSA) is 55.2 Å². The maximum atomic E-state index is 13.9. The van der Waals surface area contributed by atoms with Crippen molar-refractivity contribution in [1.82, 2.24) is 13.9 Å². The van der Waals surface area contributed by atoms with E-state index in [0.29, 0.717) is 18.8 Å². The number of hydrogen-bond donors (Lipinski definition) is 0. The zero-order chi connectivity index (χ0) is 18.0. The van der Waals surface area contributed by atoms with Crippen molar-refractivity contribution in [1.29, 1.82) is 0 Å². The largest absolute Gasteiger partial charge is 0.335 e. The zero-order valence-electron chi connectivity index (χ0n) is 14.0. The van der Waals surface area contributed by atoms with Crippen molar-refractivity contribution in [2.75, 3.05) is 13.1 Å². The third kappa shape index (κ3) is 3.59.